The van der Waals surface area contributed by atoms with Crippen LogP contribution in [0.1, 0.15) is 33.8 Å². The Bertz CT molecular complexity index is 1410. The highest BCUT2D eigenvalue weighted by atomic mass is 35.5. The minimum Gasteiger partial charge on any atom is -0.495 e. The molecule has 1 aliphatic rings. The fourth-order valence-electron chi connectivity index (χ4n) is 4.48. The first-order chi connectivity index (χ1) is 17.5. The lowest BCUT2D eigenvalue weighted by Gasteiger charge is -2.29. The van der Waals surface area contributed by atoms with Gasteiger partial charge in [-0.3, -0.25) is 4.98 Å². The van der Waals surface area contributed by atoms with Crippen LogP contribution in [0.5, 0.6) is 5.75 Å². The Hall–Kier alpha value is -3.88. The summed E-state index contributed by atoms with van der Waals surface area (Å²) < 4.78 is 12.3. The van der Waals surface area contributed by atoms with Gasteiger partial charge in [0.1, 0.15) is 11.8 Å². The summed E-state index contributed by atoms with van der Waals surface area (Å²) in [5, 5.41) is 4.51. The maximum absolute atomic E-state index is 11.9. The first kappa shape index (κ1) is 23.8. The van der Waals surface area contributed by atoms with Crippen LogP contribution in [0, 0.1) is 0 Å². The summed E-state index contributed by atoms with van der Waals surface area (Å²) in [5.41, 5.74) is 4.06. The molecule has 0 unspecified atom stereocenters. The van der Waals surface area contributed by atoms with E-state index < -0.39 is 0 Å². The third-order valence-electron chi connectivity index (χ3n) is 6.16. The minimum absolute atomic E-state index is 0.220. The maximum Gasteiger partial charge on any atom is 0.337 e. The highest BCUT2D eigenvalue weighted by Gasteiger charge is 2.42. The van der Waals surface area contributed by atoms with Gasteiger partial charge in [-0.1, -0.05) is 17.7 Å². The molecule has 1 aliphatic heterocycles. The van der Waals surface area contributed by atoms with Crippen molar-refractivity contribution in [2.24, 2.45) is 0 Å². The van der Waals surface area contributed by atoms with Gasteiger partial charge in [0.2, 0.25) is 0 Å². The van der Waals surface area contributed by atoms with Gasteiger partial charge >= 0.3 is 5.97 Å². The Morgan fingerprint density at radius 2 is 1.81 bits per heavy atom. The summed E-state index contributed by atoms with van der Waals surface area (Å²) in [5.74, 6) is 0.211. The Labute approximate surface area is 219 Å². The van der Waals surface area contributed by atoms with Crippen LogP contribution in [0.25, 0.3) is 5.69 Å². The number of pyridine rings is 1. The van der Waals surface area contributed by atoms with Gasteiger partial charge in [-0.05, 0) is 78.9 Å². The molecule has 5 rings (SSSR count). The molecule has 4 aromatic rings. The summed E-state index contributed by atoms with van der Waals surface area (Å²) >= 11 is 12.3. The van der Waals surface area contributed by atoms with Gasteiger partial charge in [0, 0.05) is 29.5 Å². The van der Waals surface area contributed by atoms with Crippen LogP contribution in [0.4, 0.5) is 5.69 Å². The van der Waals surface area contributed by atoms with E-state index in [1.54, 1.807) is 25.4 Å². The van der Waals surface area contributed by atoms with Crippen molar-refractivity contribution in [3.8, 4) is 11.4 Å². The predicted molar refractivity (Wildman–Crippen MR) is 143 cm³/mol. The molecule has 2 atom stereocenters. The molecule has 0 radical (unpaired) electrons. The van der Waals surface area contributed by atoms with Gasteiger partial charge in [0.25, 0.3) is 0 Å². The smallest absolute Gasteiger partial charge is 0.337 e. The molecule has 2 aromatic heterocycles. The SMILES string of the molecule is COC(=O)c1ccc(-n2cccc2[C@H]2[C@H](c3ccccn3)NC(=S)N2c2ccc(OC)c(Cl)c2)cc1. The number of methoxy groups -OCH3 is 2. The number of carbonyl (C=O) groups is 1. The molecule has 3 heterocycles. The van der Waals surface area contributed by atoms with Crippen molar-refractivity contribution in [3.63, 3.8) is 0 Å². The van der Waals surface area contributed by atoms with Crippen molar-refractivity contribution < 1.29 is 14.3 Å². The fourth-order valence-corrected chi connectivity index (χ4v) is 5.08. The first-order valence-corrected chi connectivity index (χ1v) is 12.0. The molecular weight excluding hydrogens is 496 g/mol. The molecule has 0 saturated carbocycles. The number of rotatable bonds is 6. The number of esters is 1. The van der Waals surface area contributed by atoms with E-state index in [-0.39, 0.29) is 18.1 Å². The zero-order chi connectivity index (χ0) is 25.2. The highest BCUT2D eigenvalue weighted by molar-refractivity contribution is 7.80. The predicted octanol–water partition coefficient (Wildman–Crippen LogP) is 5.50. The molecule has 0 bridgehead atoms. The van der Waals surface area contributed by atoms with Gasteiger partial charge < -0.3 is 24.3 Å². The molecule has 0 spiro atoms. The van der Waals surface area contributed by atoms with Crippen LogP contribution in [-0.4, -0.2) is 34.9 Å². The summed E-state index contributed by atoms with van der Waals surface area (Å²) in [4.78, 5) is 18.6. The molecule has 0 amide bonds. The number of benzene rings is 2. The monoisotopic (exact) mass is 518 g/mol. The highest BCUT2D eigenvalue weighted by Crippen LogP contribution is 2.43. The van der Waals surface area contributed by atoms with Crippen molar-refractivity contribution in [2.75, 3.05) is 19.1 Å². The van der Waals surface area contributed by atoms with Crippen molar-refractivity contribution in [2.45, 2.75) is 12.1 Å². The summed E-state index contributed by atoms with van der Waals surface area (Å²) in [6, 6.07) is 22.3. The second-order valence-electron chi connectivity index (χ2n) is 8.16. The molecule has 1 N–H and O–H groups in total. The number of anilines is 1. The number of thiocarbonyl (C=S) groups is 1. The number of aromatic nitrogens is 2. The van der Waals surface area contributed by atoms with Crippen LogP contribution in [0.2, 0.25) is 5.02 Å². The first-order valence-electron chi connectivity index (χ1n) is 11.2. The van der Waals surface area contributed by atoms with Gasteiger partial charge in [0.05, 0.1) is 36.5 Å². The largest absolute Gasteiger partial charge is 0.495 e. The molecule has 2 aromatic carbocycles. The van der Waals surface area contributed by atoms with Gasteiger partial charge in [-0.25, -0.2) is 4.79 Å². The number of halogens is 1. The average molecular weight is 519 g/mol. The normalized spacial score (nSPS) is 17.1. The third kappa shape index (κ3) is 4.29. The number of nitrogens with zero attached hydrogens (tertiary/aromatic N) is 3. The number of carbonyl (C=O) groups excluding carboxylic acids is 1. The van der Waals surface area contributed by atoms with Gasteiger partial charge in [-0.15, -0.1) is 0 Å². The van der Waals surface area contributed by atoms with E-state index in [4.69, 9.17) is 33.3 Å². The van der Waals surface area contributed by atoms with Crippen LogP contribution >= 0.6 is 23.8 Å². The Morgan fingerprint density at radius 3 is 2.47 bits per heavy atom. The minimum atomic E-state index is -0.377. The summed E-state index contributed by atoms with van der Waals surface area (Å²) in [6.07, 6.45) is 3.76. The standard InChI is InChI=1S/C27H23ClN4O3S/c1-34-23-13-12-19(16-20(23)28)32-25(24(30-27(32)36)21-6-3-4-14-29-21)22-7-5-15-31(22)18-10-8-17(9-11-18)26(33)35-2/h3-16,24-25H,1-2H3,(H,30,36)/t24-,25-/m0/s1. The topological polar surface area (TPSA) is 68.6 Å². The second kappa shape index (κ2) is 10.0. The molecular formula is C27H23ClN4O3S. The number of hydrogen-bond donors (Lipinski definition) is 1. The van der Waals surface area contributed by atoms with Crippen LogP contribution < -0.4 is 15.0 Å². The Balaban J connectivity index is 1.62. The van der Waals surface area contributed by atoms with Gasteiger partial charge in [0.15, 0.2) is 5.11 Å². The number of ether oxygens (including phenoxy) is 2. The van der Waals surface area contributed by atoms with E-state index in [1.165, 1.54) is 7.11 Å². The van der Waals surface area contributed by atoms with Crippen LogP contribution in [0.3, 0.4) is 0 Å². The van der Waals surface area contributed by atoms with Gasteiger partial charge in [-0.2, -0.15) is 0 Å². The second-order valence-corrected chi connectivity index (χ2v) is 8.95. The van der Waals surface area contributed by atoms with E-state index in [2.05, 4.69) is 25.8 Å². The third-order valence-corrected chi connectivity index (χ3v) is 6.77. The number of hydrogen-bond acceptors (Lipinski definition) is 5. The maximum atomic E-state index is 11.9. The van der Waals surface area contributed by atoms with Crippen molar-refractivity contribution in [1.82, 2.24) is 14.9 Å². The van der Waals surface area contributed by atoms with Crippen LogP contribution in [-0.2, 0) is 4.74 Å². The van der Waals surface area contributed by atoms with Crippen molar-refractivity contribution in [3.05, 3.63) is 107 Å². The van der Waals surface area contributed by atoms with Crippen molar-refractivity contribution in [1.29, 1.82) is 0 Å². The van der Waals surface area contributed by atoms with E-state index in [0.29, 0.717) is 21.4 Å². The number of nitrogens with one attached hydrogen (secondary N) is 1. The zero-order valence-electron chi connectivity index (χ0n) is 19.6. The van der Waals surface area contributed by atoms with E-state index >= 15 is 0 Å². The molecule has 9 heteroatoms. The molecule has 36 heavy (non-hydrogen) atoms. The average Bonchev–Trinajstić information content (AvgIpc) is 3.53. The molecule has 1 saturated heterocycles. The van der Waals surface area contributed by atoms with Crippen molar-refractivity contribution >= 4 is 40.6 Å². The molecule has 1 fully saturated rings. The lowest BCUT2D eigenvalue weighted by molar-refractivity contribution is 0.0600. The van der Waals surface area contributed by atoms with E-state index in [1.807, 2.05) is 60.8 Å². The lowest BCUT2D eigenvalue weighted by atomic mass is 10.0. The lowest BCUT2D eigenvalue weighted by Crippen LogP contribution is -2.30. The summed E-state index contributed by atoms with van der Waals surface area (Å²) in [6.45, 7) is 0. The van der Waals surface area contributed by atoms with Crippen LogP contribution in [0.15, 0.2) is 85.2 Å². The quantitative estimate of drug-likeness (QED) is 0.267. The van der Waals surface area contributed by atoms with E-state index in [9.17, 15) is 4.79 Å². The molecule has 182 valence electrons. The molecule has 7 nitrogen and oxygen atoms in total. The fraction of sp³-hybridized carbons (Fsp3) is 0.148. The zero-order valence-corrected chi connectivity index (χ0v) is 21.2. The molecule has 0 aliphatic carbocycles. The van der Waals surface area contributed by atoms with E-state index in [0.717, 1.165) is 22.8 Å². The Kier molecular flexibility index (Phi) is 6.63. The summed E-state index contributed by atoms with van der Waals surface area (Å²) in [7, 11) is 2.95. The Morgan fingerprint density at radius 1 is 1.03 bits per heavy atom.